The van der Waals surface area contributed by atoms with Gasteiger partial charge in [0.2, 0.25) is 0 Å². The third-order valence-corrected chi connectivity index (χ3v) is 5.49. The molecule has 25 heavy (non-hydrogen) atoms. The lowest BCUT2D eigenvalue weighted by Crippen LogP contribution is -2.33. The molecule has 5 nitrogen and oxygen atoms in total. The van der Waals surface area contributed by atoms with Crippen molar-refractivity contribution in [3.8, 4) is 0 Å². The number of halogens is 1. The summed E-state index contributed by atoms with van der Waals surface area (Å²) in [6.07, 6.45) is 2.15. The predicted molar refractivity (Wildman–Crippen MR) is 99.2 cm³/mol. The number of amides is 1. The van der Waals surface area contributed by atoms with Crippen LogP contribution in [0, 0.1) is 11.8 Å². The zero-order valence-corrected chi connectivity index (χ0v) is 15.3. The molecule has 2 aliphatic rings. The van der Waals surface area contributed by atoms with E-state index in [1.165, 1.54) is 0 Å². The number of carbonyl (C=O) groups excluding carboxylic acids is 1. The van der Waals surface area contributed by atoms with E-state index in [0.717, 1.165) is 55.6 Å². The lowest BCUT2D eigenvalue weighted by atomic mass is 9.92. The molecule has 0 radical (unpaired) electrons. The Morgan fingerprint density at radius 3 is 2.60 bits per heavy atom. The monoisotopic (exact) mass is 364 g/mol. The second kappa shape index (κ2) is 7.77. The number of likely N-dealkylation sites (tertiary alicyclic amines) is 1. The van der Waals surface area contributed by atoms with Crippen LogP contribution in [-0.2, 0) is 11.3 Å². The first-order chi connectivity index (χ1) is 11.8. The van der Waals surface area contributed by atoms with E-state index in [0.29, 0.717) is 24.2 Å². The summed E-state index contributed by atoms with van der Waals surface area (Å²) in [6.45, 7) is 4.19. The number of nitrogens with one attached hydrogen (secondary N) is 1. The zero-order chi connectivity index (χ0) is 16.5. The van der Waals surface area contributed by atoms with Gasteiger partial charge in [-0.05, 0) is 43.8 Å². The molecule has 2 aliphatic heterocycles. The molecule has 2 aromatic rings. The summed E-state index contributed by atoms with van der Waals surface area (Å²) in [7, 11) is 1.65. The smallest absolute Gasteiger partial charge is 0.289 e. The van der Waals surface area contributed by atoms with E-state index >= 15 is 0 Å². The van der Waals surface area contributed by atoms with E-state index in [2.05, 4.69) is 5.32 Å². The van der Waals surface area contributed by atoms with Gasteiger partial charge in [0.1, 0.15) is 5.58 Å². The van der Waals surface area contributed by atoms with Gasteiger partial charge in [-0.3, -0.25) is 4.79 Å². The number of carbonyl (C=O) groups is 1. The molecule has 4 rings (SSSR count). The maximum Gasteiger partial charge on any atom is 0.289 e. The van der Waals surface area contributed by atoms with Gasteiger partial charge in [0.05, 0.1) is 6.61 Å². The maximum atomic E-state index is 13.1. The number of benzene rings is 1. The molecule has 2 fully saturated rings. The van der Waals surface area contributed by atoms with E-state index < -0.39 is 0 Å². The SMILES string of the molecule is COCc1c(C(=O)N2CC[C@@H]3CNC[C@@H]3CC2)oc2ccccc12.Cl. The lowest BCUT2D eigenvalue weighted by molar-refractivity contribution is 0.0722. The summed E-state index contributed by atoms with van der Waals surface area (Å²) >= 11 is 0. The Bertz CT molecular complexity index is 731. The van der Waals surface area contributed by atoms with Crippen molar-refractivity contribution in [2.24, 2.45) is 11.8 Å². The third-order valence-electron chi connectivity index (χ3n) is 5.49. The molecule has 1 aromatic heterocycles. The van der Waals surface area contributed by atoms with Crippen molar-refractivity contribution >= 4 is 29.3 Å². The summed E-state index contributed by atoms with van der Waals surface area (Å²) in [4.78, 5) is 15.1. The minimum Gasteiger partial charge on any atom is -0.451 e. The Kier molecular flexibility index (Phi) is 5.67. The van der Waals surface area contributed by atoms with Crippen LogP contribution in [-0.4, -0.2) is 44.1 Å². The molecule has 0 saturated carbocycles. The van der Waals surface area contributed by atoms with Crippen LogP contribution in [0.3, 0.4) is 0 Å². The normalized spacial score (nSPS) is 23.2. The molecule has 3 heterocycles. The van der Waals surface area contributed by atoms with Crippen LogP contribution in [0.2, 0.25) is 0 Å². The molecule has 0 aliphatic carbocycles. The highest BCUT2D eigenvalue weighted by molar-refractivity contribution is 5.99. The van der Waals surface area contributed by atoms with Crippen LogP contribution in [0.4, 0.5) is 0 Å². The summed E-state index contributed by atoms with van der Waals surface area (Å²) in [5, 5.41) is 4.44. The highest BCUT2D eigenvalue weighted by Gasteiger charge is 2.33. The second-order valence-corrected chi connectivity index (χ2v) is 6.89. The van der Waals surface area contributed by atoms with E-state index in [4.69, 9.17) is 9.15 Å². The molecule has 1 aromatic carbocycles. The number of para-hydroxylation sites is 1. The number of hydrogen-bond acceptors (Lipinski definition) is 4. The predicted octanol–water partition coefficient (Wildman–Crippen LogP) is 3.07. The number of fused-ring (bicyclic) bond motifs is 2. The molecule has 0 spiro atoms. The molecule has 1 amide bonds. The van der Waals surface area contributed by atoms with E-state index in [-0.39, 0.29) is 18.3 Å². The van der Waals surface area contributed by atoms with Crippen LogP contribution in [0.5, 0.6) is 0 Å². The third kappa shape index (κ3) is 3.41. The largest absolute Gasteiger partial charge is 0.451 e. The van der Waals surface area contributed by atoms with E-state index in [1.807, 2.05) is 29.2 Å². The number of rotatable bonds is 3. The van der Waals surface area contributed by atoms with Gasteiger partial charge in [-0.25, -0.2) is 0 Å². The quantitative estimate of drug-likeness (QED) is 0.909. The Balaban J connectivity index is 0.00000182. The molecule has 0 bridgehead atoms. The van der Waals surface area contributed by atoms with Crippen molar-refractivity contribution < 1.29 is 13.9 Å². The fraction of sp³-hybridized carbons (Fsp3) is 0.526. The summed E-state index contributed by atoms with van der Waals surface area (Å²) in [6, 6.07) is 7.79. The van der Waals surface area contributed by atoms with Crippen LogP contribution >= 0.6 is 12.4 Å². The Morgan fingerprint density at radius 2 is 1.92 bits per heavy atom. The molecule has 2 atom stereocenters. The first-order valence-electron chi connectivity index (χ1n) is 8.77. The van der Waals surface area contributed by atoms with Gasteiger partial charge in [-0.2, -0.15) is 0 Å². The maximum absolute atomic E-state index is 13.1. The van der Waals surface area contributed by atoms with Gasteiger partial charge in [-0.15, -0.1) is 12.4 Å². The first kappa shape index (κ1) is 18.2. The summed E-state index contributed by atoms with van der Waals surface area (Å²) in [5.41, 5.74) is 1.62. The number of ether oxygens (including phenoxy) is 1. The van der Waals surface area contributed by atoms with E-state index in [9.17, 15) is 4.79 Å². The number of furan rings is 1. The van der Waals surface area contributed by atoms with Gasteiger partial charge < -0.3 is 19.4 Å². The second-order valence-electron chi connectivity index (χ2n) is 6.89. The number of hydrogen-bond donors (Lipinski definition) is 1. The average Bonchev–Trinajstić information content (AvgIpc) is 3.14. The highest BCUT2D eigenvalue weighted by atomic mass is 35.5. The van der Waals surface area contributed by atoms with Crippen LogP contribution < -0.4 is 5.32 Å². The number of nitrogens with zero attached hydrogens (tertiary/aromatic N) is 1. The van der Waals surface area contributed by atoms with Crippen LogP contribution in [0.15, 0.2) is 28.7 Å². The molecule has 136 valence electrons. The summed E-state index contributed by atoms with van der Waals surface area (Å²) in [5.74, 6) is 1.86. The van der Waals surface area contributed by atoms with Crippen molar-refractivity contribution in [2.75, 3.05) is 33.3 Å². The zero-order valence-electron chi connectivity index (χ0n) is 14.5. The molecule has 1 N–H and O–H groups in total. The summed E-state index contributed by atoms with van der Waals surface area (Å²) < 4.78 is 11.2. The fourth-order valence-corrected chi connectivity index (χ4v) is 4.12. The van der Waals surface area contributed by atoms with Crippen LogP contribution in [0.25, 0.3) is 11.0 Å². The minimum absolute atomic E-state index is 0. The van der Waals surface area contributed by atoms with Gasteiger partial charge in [0.25, 0.3) is 5.91 Å². The molecular weight excluding hydrogens is 340 g/mol. The van der Waals surface area contributed by atoms with Crippen molar-refractivity contribution in [1.82, 2.24) is 10.2 Å². The molecule has 6 heteroatoms. The number of methoxy groups -OCH3 is 1. The van der Waals surface area contributed by atoms with Crippen molar-refractivity contribution in [1.29, 1.82) is 0 Å². The van der Waals surface area contributed by atoms with Crippen LogP contribution in [0.1, 0.15) is 29.0 Å². The van der Waals surface area contributed by atoms with Gasteiger partial charge in [0.15, 0.2) is 5.76 Å². The Labute approximate surface area is 154 Å². The van der Waals surface area contributed by atoms with Crippen molar-refractivity contribution in [3.05, 3.63) is 35.6 Å². The Morgan fingerprint density at radius 1 is 1.24 bits per heavy atom. The average molecular weight is 365 g/mol. The standard InChI is InChI=1S/C19H24N2O3.ClH/c1-23-12-16-15-4-2-3-5-17(15)24-18(16)19(22)21-8-6-13-10-20-11-14(13)7-9-21;/h2-5,13-14,20H,6-12H2,1H3;1H/t13-,14+;. The fourth-order valence-electron chi connectivity index (χ4n) is 4.12. The lowest BCUT2D eigenvalue weighted by Gasteiger charge is -2.20. The van der Waals surface area contributed by atoms with Gasteiger partial charge in [-0.1, -0.05) is 18.2 Å². The highest BCUT2D eigenvalue weighted by Crippen LogP contribution is 2.31. The van der Waals surface area contributed by atoms with Crippen molar-refractivity contribution in [2.45, 2.75) is 19.4 Å². The molecule has 2 saturated heterocycles. The molecular formula is C19H25ClN2O3. The van der Waals surface area contributed by atoms with Crippen molar-refractivity contribution in [3.63, 3.8) is 0 Å². The Hall–Kier alpha value is -1.56. The van der Waals surface area contributed by atoms with Gasteiger partial charge in [0, 0.05) is 31.1 Å². The minimum atomic E-state index is 0. The van der Waals surface area contributed by atoms with E-state index in [1.54, 1.807) is 7.11 Å². The first-order valence-corrected chi connectivity index (χ1v) is 8.77. The van der Waals surface area contributed by atoms with Gasteiger partial charge >= 0.3 is 0 Å². The topological polar surface area (TPSA) is 54.7 Å². The molecule has 0 unspecified atom stereocenters.